The Morgan fingerprint density at radius 3 is 2.92 bits per heavy atom. The number of carbonyl (C=O) groups excluding carboxylic acids is 2. The maximum Gasteiger partial charge on any atom is 0.415 e. The summed E-state index contributed by atoms with van der Waals surface area (Å²) in [5.41, 5.74) is 1.43. The van der Waals surface area contributed by atoms with Crippen LogP contribution >= 0.6 is 0 Å². The first-order valence-electron chi connectivity index (χ1n) is 8.37. The lowest BCUT2D eigenvalue weighted by Crippen LogP contribution is -2.38. The number of aliphatic hydroxyl groups is 1. The van der Waals surface area contributed by atoms with Gasteiger partial charge in [0, 0.05) is 31.1 Å². The summed E-state index contributed by atoms with van der Waals surface area (Å²) in [4.78, 5) is 27.7. The normalized spacial score (nSPS) is 26.4. The Labute approximate surface area is 139 Å². The Hall–Kier alpha value is -2.28. The van der Waals surface area contributed by atoms with Gasteiger partial charge in [-0.3, -0.25) is 9.69 Å². The summed E-state index contributed by atoms with van der Waals surface area (Å²) in [5.74, 6) is 0.692. The molecule has 0 unspecified atom stereocenters. The molecule has 0 radical (unpaired) electrons. The summed E-state index contributed by atoms with van der Waals surface area (Å²) in [7, 11) is 0. The van der Waals surface area contributed by atoms with E-state index in [-0.39, 0.29) is 18.6 Å². The molecule has 0 bridgehead atoms. The molecule has 7 nitrogen and oxygen atoms in total. The summed E-state index contributed by atoms with van der Waals surface area (Å²) in [6, 6.07) is 5.23. The molecule has 3 aliphatic heterocycles. The quantitative estimate of drug-likeness (QED) is 0.891. The smallest absolute Gasteiger partial charge is 0.415 e. The van der Waals surface area contributed by atoms with E-state index >= 15 is 0 Å². The minimum atomic E-state index is -0.532. The maximum atomic E-state index is 12.2. The molecular weight excluding hydrogens is 312 g/mol. The Bertz CT molecular complexity index is 677. The number of benzene rings is 1. The molecule has 24 heavy (non-hydrogen) atoms. The number of cyclic esters (lactones) is 1. The Morgan fingerprint density at radius 1 is 1.25 bits per heavy atom. The van der Waals surface area contributed by atoms with Crippen molar-refractivity contribution in [1.82, 2.24) is 0 Å². The number of fused-ring (bicyclic) bond motifs is 3. The van der Waals surface area contributed by atoms with Crippen LogP contribution < -0.4 is 14.5 Å². The molecule has 3 heterocycles. The Kier molecular flexibility index (Phi) is 3.80. The molecule has 4 rings (SSSR count). The van der Waals surface area contributed by atoms with Crippen LogP contribution in [0.1, 0.15) is 25.7 Å². The van der Waals surface area contributed by atoms with Crippen LogP contribution in [0.4, 0.5) is 16.2 Å². The molecule has 2 fully saturated rings. The highest BCUT2D eigenvalue weighted by Crippen LogP contribution is 2.40. The van der Waals surface area contributed by atoms with Crippen LogP contribution in [0.2, 0.25) is 0 Å². The highest BCUT2D eigenvalue weighted by atomic mass is 16.6. The van der Waals surface area contributed by atoms with Gasteiger partial charge in [-0.1, -0.05) is 0 Å². The average Bonchev–Trinajstić information content (AvgIpc) is 2.79. The molecule has 2 amide bonds. The minimum absolute atomic E-state index is 0.119. The van der Waals surface area contributed by atoms with Crippen molar-refractivity contribution in [3.05, 3.63) is 18.2 Å². The van der Waals surface area contributed by atoms with E-state index in [9.17, 15) is 14.7 Å². The van der Waals surface area contributed by atoms with Crippen molar-refractivity contribution in [3.63, 3.8) is 0 Å². The fourth-order valence-electron chi connectivity index (χ4n) is 3.67. The molecule has 2 saturated heterocycles. The van der Waals surface area contributed by atoms with Crippen molar-refractivity contribution in [1.29, 1.82) is 0 Å². The van der Waals surface area contributed by atoms with Crippen LogP contribution in [0.15, 0.2) is 18.2 Å². The van der Waals surface area contributed by atoms with Crippen molar-refractivity contribution in [3.8, 4) is 5.75 Å². The van der Waals surface area contributed by atoms with Gasteiger partial charge in [0.05, 0.1) is 24.9 Å². The molecule has 1 aromatic rings. The first kappa shape index (κ1) is 15.3. The molecule has 0 spiro atoms. The summed E-state index contributed by atoms with van der Waals surface area (Å²) in [6.07, 6.45) is 2.08. The first-order valence-corrected chi connectivity index (χ1v) is 8.37. The third-order valence-corrected chi connectivity index (χ3v) is 4.90. The van der Waals surface area contributed by atoms with E-state index in [4.69, 9.17) is 9.47 Å². The molecular formula is C17H20N2O5. The standard InChI is InChI=1S/C17H20N2O5/c20-10-15-13-6-8-23-14-9-11(18-7-2-1-3-16(18)21)4-5-12(14)19(13)17(22)24-15/h4-5,9,13,15,20H,1-3,6-8,10H2/t13-,15-/m0/s1. The summed E-state index contributed by atoms with van der Waals surface area (Å²) >= 11 is 0. The zero-order chi connectivity index (χ0) is 16.7. The number of amides is 2. The zero-order valence-electron chi connectivity index (χ0n) is 13.3. The molecule has 0 aliphatic carbocycles. The van der Waals surface area contributed by atoms with Gasteiger partial charge in [-0.05, 0) is 25.0 Å². The monoisotopic (exact) mass is 332 g/mol. The molecule has 0 aromatic heterocycles. The van der Waals surface area contributed by atoms with E-state index in [1.54, 1.807) is 15.9 Å². The predicted molar refractivity (Wildman–Crippen MR) is 86.4 cm³/mol. The van der Waals surface area contributed by atoms with Gasteiger partial charge in [-0.2, -0.15) is 0 Å². The van der Waals surface area contributed by atoms with E-state index in [1.165, 1.54) is 0 Å². The van der Waals surface area contributed by atoms with E-state index in [2.05, 4.69) is 0 Å². The Morgan fingerprint density at radius 2 is 2.12 bits per heavy atom. The lowest BCUT2D eigenvalue weighted by molar-refractivity contribution is -0.119. The number of piperidine rings is 1. The third kappa shape index (κ3) is 2.39. The van der Waals surface area contributed by atoms with Gasteiger partial charge in [0.1, 0.15) is 11.9 Å². The highest BCUT2D eigenvalue weighted by molar-refractivity contribution is 5.96. The molecule has 3 aliphatic rings. The van der Waals surface area contributed by atoms with Gasteiger partial charge in [-0.15, -0.1) is 0 Å². The summed E-state index contributed by atoms with van der Waals surface area (Å²) in [5, 5.41) is 9.42. The van der Waals surface area contributed by atoms with Gasteiger partial charge in [0.25, 0.3) is 0 Å². The largest absolute Gasteiger partial charge is 0.491 e. The van der Waals surface area contributed by atoms with Crippen LogP contribution in [0, 0.1) is 0 Å². The van der Waals surface area contributed by atoms with E-state index in [1.807, 2.05) is 12.1 Å². The molecule has 1 N–H and O–H groups in total. The Balaban J connectivity index is 1.69. The molecule has 128 valence electrons. The van der Waals surface area contributed by atoms with Crippen molar-refractivity contribution in [2.75, 3.05) is 29.6 Å². The van der Waals surface area contributed by atoms with Crippen LogP contribution in [-0.2, 0) is 9.53 Å². The molecule has 2 atom stereocenters. The number of aliphatic hydroxyl groups excluding tert-OH is 1. The van der Waals surface area contributed by atoms with Gasteiger partial charge in [0.2, 0.25) is 5.91 Å². The topological polar surface area (TPSA) is 79.3 Å². The number of hydrogen-bond donors (Lipinski definition) is 1. The van der Waals surface area contributed by atoms with Gasteiger partial charge >= 0.3 is 6.09 Å². The number of nitrogens with zero attached hydrogens (tertiary/aromatic N) is 2. The fourth-order valence-corrected chi connectivity index (χ4v) is 3.67. The number of anilines is 2. The molecule has 7 heteroatoms. The maximum absolute atomic E-state index is 12.2. The summed E-state index contributed by atoms with van der Waals surface area (Å²) < 4.78 is 11.1. The number of rotatable bonds is 2. The molecule has 0 saturated carbocycles. The SMILES string of the molecule is O=C1CCCCN1c1ccc2c(c1)OCC[C@H]1[C@H](CO)OC(=O)N21. The predicted octanol–water partition coefficient (Wildman–Crippen LogP) is 1.67. The van der Waals surface area contributed by atoms with Crippen molar-refractivity contribution >= 4 is 23.4 Å². The lowest BCUT2D eigenvalue weighted by atomic mass is 10.1. The molecule has 1 aromatic carbocycles. The second-order valence-corrected chi connectivity index (χ2v) is 6.33. The van der Waals surface area contributed by atoms with Crippen LogP contribution in [-0.4, -0.2) is 49.0 Å². The van der Waals surface area contributed by atoms with Crippen LogP contribution in [0.3, 0.4) is 0 Å². The lowest BCUT2D eigenvalue weighted by Gasteiger charge is -2.28. The van der Waals surface area contributed by atoms with Crippen LogP contribution in [0.5, 0.6) is 5.75 Å². The van der Waals surface area contributed by atoms with Gasteiger partial charge < -0.3 is 19.5 Å². The van der Waals surface area contributed by atoms with Gasteiger partial charge in [-0.25, -0.2) is 4.79 Å². The van der Waals surface area contributed by atoms with E-state index in [0.717, 1.165) is 18.5 Å². The second kappa shape index (κ2) is 5.98. The van der Waals surface area contributed by atoms with E-state index < -0.39 is 12.2 Å². The highest BCUT2D eigenvalue weighted by Gasteiger charge is 2.44. The average molecular weight is 332 g/mol. The number of carbonyl (C=O) groups is 2. The third-order valence-electron chi connectivity index (χ3n) is 4.90. The van der Waals surface area contributed by atoms with E-state index in [0.29, 0.717) is 37.4 Å². The fraction of sp³-hybridized carbons (Fsp3) is 0.529. The number of ether oxygens (including phenoxy) is 2. The number of hydrogen-bond acceptors (Lipinski definition) is 5. The van der Waals surface area contributed by atoms with Gasteiger partial charge in [0.15, 0.2) is 0 Å². The second-order valence-electron chi connectivity index (χ2n) is 6.33. The van der Waals surface area contributed by atoms with Crippen molar-refractivity contribution in [2.45, 2.75) is 37.8 Å². The first-order chi connectivity index (χ1) is 11.7. The van der Waals surface area contributed by atoms with Crippen LogP contribution in [0.25, 0.3) is 0 Å². The van der Waals surface area contributed by atoms with Crippen molar-refractivity contribution in [2.24, 2.45) is 0 Å². The minimum Gasteiger partial charge on any atom is -0.491 e. The summed E-state index contributed by atoms with van der Waals surface area (Å²) in [6.45, 7) is 0.930. The van der Waals surface area contributed by atoms with Crippen molar-refractivity contribution < 1.29 is 24.2 Å². The zero-order valence-corrected chi connectivity index (χ0v) is 13.3.